The van der Waals surface area contributed by atoms with Crippen molar-refractivity contribution in [1.29, 1.82) is 0 Å². The maximum atomic E-state index is 2.72. The maximum absolute atomic E-state index is 2.72. The molecule has 0 saturated carbocycles. The van der Waals surface area contributed by atoms with Crippen molar-refractivity contribution in [2.75, 3.05) is 9.80 Å². The molecule has 0 aromatic heterocycles. The van der Waals surface area contributed by atoms with Gasteiger partial charge in [-0.15, -0.1) is 0 Å². The first kappa shape index (κ1) is 49.6. The number of nitrogens with zero attached hydrogens (tertiary/aromatic N) is 2. The van der Waals surface area contributed by atoms with Crippen molar-refractivity contribution in [3.05, 3.63) is 209 Å². The summed E-state index contributed by atoms with van der Waals surface area (Å²) in [6, 6.07) is 66.1. The van der Waals surface area contributed by atoms with Crippen molar-refractivity contribution in [3.8, 4) is 22.3 Å². The van der Waals surface area contributed by atoms with E-state index in [0.717, 1.165) is 12.8 Å². The molecule has 0 atom stereocenters. The van der Waals surface area contributed by atoms with Gasteiger partial charge in [-0.2, -0.15) is 0 Å². The standard InChI is InChI=1S/C71H77BN2/c1-66(2,3)49-29-33-54(34-30-49)73-61-36-32-52(71(14,15)50-27-20-17-21-28-50)41-58(61)72-59-44-56-57(70(12,13)38-37-69(56,10)11)45-62(59)74(64-43-53(68(7,8)9)42-63(73)65(64)72)60-35-31-51(67(4,5)6)40-55(60)48-26-22-25-47(39-48)46-23-18-16-19-24-46/h16-36,39-45H,37-38H2,1-15H3. The van der Waals surface area contributed by atoms with E-state index in [4.69, 9.17) is 0 Å². The largest absolute Gasteiger partial charge is 0.311 e. The van der Waals surface area contributed by atoms with Crippen LogP contribution in [0.5, 0.6) is 0 Å². The van der Waals surface area contributed by atoms with E-state index in [2.05, 4.69) is 284 Å². The molecule has 0 fully saturated rings. The minimum atomic E-state index is -0.238. The van der Waals surface area contributed by atoms with E-state index in [1.54, 1.807) is 0 Å². The van der Waals surface area contributed by atoms with Gasteiger partial charge in [-0.05, 0) is 167 Å². The maximum Gasteiger partial charge on any atom is 0.252 e. The molecule has 0 spiro atoms. The molecule has 0 radical (unpaired) electrons. The Labute approximate surface area is 445 Å². The van der Waals surface area contributed by atoms with Crippen LogP contribution in [0, 0.1) is 0 Å². The zero-order valence-electron chi connectivity index (χ0n) is 47.1. The van der Waals surface area contributed by atoms with Crippen molar-refractivity contribution >= 4 is 57.2 Å². The van der Waals surface area contributed by atoms with Crippen LogP contribution in [0.15, 0.2) is 170 Å². The van der Waals surface area contributed by atoms with Crippen molar-refractivity contribution < 1.29 is 0 Å². The molecule has 0 bridgehead atoms. The molecule has 2 nitrogen and oxygen atoms in total. The Morgan fingerprint density at radius 1 is 0.365 bits per heavy atom. The number of benzene rings is 8. The van der Waals surface area contributed by atoms with E-state index in [9.17, 15) is 0 Å². The summed E-state index contributed by atoms with van der Waals surface area (Å²) in [6.07, 6.45) is 2.29. The molecule has 3 heteroatoms. The van der Waals surface area contributed by atoms with E-state index in [1.807, 2.05) is 0 Å². The fourth-order valence-corrected chi connectivity index (χ4v) is 12.5. The molecule has 374 valence electrons. The second-order valence-corrected chi connectivity index (χ2v) is 27.0. The Balaban J connectivity index is 1.28. The first-order valence-electron chi connectivity index (χ1n) is 27.4. The van der Waals surface area contributed by atoms with Gasteiger partial charge in [0.25, 0.3) is 6.71 Å². The lowest BCUT2D eigenvalue weighted by molar-refractivity contribution is 0.332. The molecule has 74 heavy (non-hydrogen) atoms. The van der Waals surface area contributed by atoms with Gasteiger partial charge in [0, 0.05) is 39.4 Å². The SMILES string of the molecule is CC(C)(C)c1ccc(N2c3ccc(C(C)(C)c4ccccc4)cc3B3c4cc5c(cc4N(c4ccc(C(C)(C)C)cc4-c4cccc(-c6ccccc6)c4)c4cc(C(C)(C)C)cc2c43)C(C)(C)CCC5(C)C)cc1. The molecule has 1 aliphatic carbocycles. The Bertz CT molecular complexity index is 3460. The van der Waals surface area contributed by atoms with Crippen LogP contribution in [0.25, 0.3) is 22.3 Å². The van der Waals surface area contributed by atoms with E-state index in [-0.39, 0.29) is 39.2 Å². The predicted octanol–water partition coefficient (Wildman–Crippen LogP) is 17.7. The van der Waals surface area contributed by atoms with Crippen LogP contribution in [0.2, 0.25) is 0 Å². The van der Waals surface area contributed by atoms with E-state index < -0.39 is 0 Å². The Morgan fingerprint density at radius 2 is 0.878 bits per heavy atom. The van der Waals surface area contributed by atoms with Gasteiger partial charge in [0.2, 0.25) is 0 Å². The van der Waals surface area contributed by atoms with Gasteiger partial charge < -0.3 is 9.80 Å². The minimum absolute atomic E-state index is 0.000548. The molecule has 2 aliphatic heterocycles. The normalized spacial score (nSPS) is 15.8. The highest BCUT2D eigenvalue weighted by Crippen LogP contribution is 2.53. The van der Waals surface area contributed by atoms with Crippen molar-refractivity contribution in [1.82, 2.24) is 0 Å². The fraction of sp³-hybridized carbons (Fsp3) is 0.324. The number of hydrogen-bond donors (Lipinski definition) is 0. The van der Waals surface area contributed by atoms with Crippen LogP contribution in [-0.4, -0.2) is 6.71 Å². The molecule has 0 N–H and O–H groups in total. The highest BCUT2D eigenvalue weighted by Gasteiger charge is 2.48. The van der Waals surface area contributed by atoms with Crippen molar-refractivity contribution in [3.63, 3.8) is 0 Å². The molecule has 2 heterocycles. The topological polar surface area (TPSA) is 6.48 Å². The molecule has 8 aromatic carbocycles. The summed E-state index contributed by atoms with van der Waals surface area (Å²) < 4.78 is 0. The van der Waals surface area contributed by atoms with Crippen molar-refractivity contribution in [2.24, 2.45) is 0 Å². The molecular weight excluding hydrogens is 892 g/mol. The minimum Gasteiger partial charge on any atom is -0.311 e. The summed E-state index contributed by atoms with van der Waals surface area (Å²) in [6.45, 7) is 35.9. The summed E-state index contributed by atoms with van der Waals surface area (Å²) in [5.41, 5.74) is 25.6. The zero-order chi connectivity index (χ0) is 52.5. The number of fused-ring (bicyclic) bond motifs is 5. The fourth-order valence-electron chi connectivity index (χ4n) is 12.5. The monoisotopic (exact) mass is 969 g/mol. The molecular formula is C71H77BN2. The lowest BCUT2D eigenvalue weighted by atomic mass is 9.32. The second kappa shape index (κ2) is 17.2. The summed E-state index contributed by atoms with van der Waals surface area (Å²) >= 11 is 0. The van der Waals surface area contributed by atoms with E-state index in [1.165, 1.54) is 112 Å². The van der Waals surface area contributed by atoms with Gasteiger partial charge in [-0.25, -0.2) is 0 Å². The third-order valence-corrected chi connectivity index (χ3v) is 17.5. The van der Waals surface area contributed by atoms with Crippen molar-refractivity contribution in [2.45, 2.75) is 149 Å². The number of hydrogen-bond acceptors (Lipinski definition) is 2. The lowest BCUT2D eigenvalue weighted by Gasteiger charge is -2.48. The van der Waals surface area contributed by atoms with Crippen LogP contribution in [0.4, 0.5) is 34.1 Å². The van der Waals surface area contributed by atoms with Crippen LogP contribution in [0.3, 0.4) is 0 Å². The molecule has 3 aliphatic rings. The zero-order valence-corrected chi connectivity index (χ0v) is 47.1. The first-order valence-corrected chi connectivity index (χ1v) is 27.4. The summed E-state index contributed by atoms with van der Waals surface area (Å²) in [7, 11) is 0. The number of rotatable bonds is 6. The van der Waals surface area contributed by atoms with E-state index in [0.29, 0.717) is 0 Å². The highest BCUT2D eigenvalue weighted by molar-refractivity contribution is 7.00. The van der Waals surface area contributed by atoms with Crippen LogP contribution < -0.4 is 26.2 Å². The molecule has 0 amide bonds. The van der Waals surface area contributed by atoms with E-state index >= 15 is 0 Å². The average molecular weight is 969 g/mol. The molecule has 8 aromatic rings. The number of anilines is 6. The van der Waals surface area contributed by atoms with Gasteiger partial charge in [-0.1, -0.05) is 219 Å². The predicted molar refractivity (Wildman–Crippen MR) is 321 cm³/mol. The highest BCUT2D eigenvalue weighted by atomic mass is 15.2. The molecule has 11 rings (SSSR count). The first-order chi connectivity index (χ1) is 34.8. The van der Waals surface area contributed by atoms with Gasteiger partial charge in [0.05, 0.1) is 5.69 Å². The second-order valence-electron chi connectivity index (χ2n) is 27.0. The smallest absolute Gasteiger partial charge is 0.252 e. The Hall–Kier alpha value is -6.58. The van der Waals surface area contributed by atoms with Crippen LogP contribution >= 0.6 is 0 Å². The molecule has 0 saturated heterocycles. The Kier molecular flexibility index (Phi) is 11.6. The summed E-state index contributed by atoms with van der Waals surface area (Å²) in [4.78, 5) is 5.34. The van der Waals surface area contributed by atoms with Gasteiger partial charge >= 0.3 is 0 Å². The van der Waals surface area contributed by atoms with Crippen LogP contribution in [0.1, 0.15) is 156 Å². The van der Waals surface area contributed by atoms with Crippen LogP contribution in [-0.2, 0) is 32.5 Å². The summed E-state index contributed by atoms with van der Waals surface area (Å²) in [5, 5.41) is 0. The lowest BCUT2D eigenvalue weighted by Crippen LogP contribution is -2.62. The third kappa shape index (κ3) is 8.34. The quantitative estimate of drug-likeness (QED) is 0.153. The Morgan fingerprint density at radius 3 is 1.50 bits per heavy atom. The molecule has 0 unspecified atom stereocenters. The summed E-state index contributed by atoms with van der Waals surface area (Å²) in [5.74, 6) is 0. The van der Waals surface area contributed by atoms with Gasteiger partial charge in [0.1, 0.15) is 0 Å². The van der Waals surface area contributed by atoms with Gasteiger partial charge in [0.15, 0.2) is 0 Å². The van der Waals surface area contributed by atoms with Gasteiger partial charge in [-0.3, -0.25) is 0 Å². The average Bonchev–Trinajstić information content (AvgIpc) is 3.41. The third-order valence-electron chi connectivity index (χ3n) is 17.5.